The maximum Gasteiger partial charge on any atom is 0.251 e. The van der Waals surface area contributed by atoms with E-state index in [4.69, 9.17) is 9.47 Å². The fourth-order valence-corrected chi connectivity index (χ4v) is 2.59. The van der Waals surface area contributed by atoms with E-state index in [9.17, 15) is 9.59 Å². The first-order valence-corrected chi connectivity index (χ1v) is 8.43. The van der Waals surface area contributed by atoms with Gasteiger partial charge in [0, 0.05) is 18.7 Å². The molecule has 1 aliphatic heterocycles. The highest BCUT2D eigenvalue weighted by Crippen LogP contribution is 2.14. The van der Waals surface area contributed by atoms with Crippen LogP contribution < -0.4 is 10.1 Å². The molecule has 1 saturated heterocycles. The number of ether oxygens (including phenoxy) is 2. The van der Waals surface area contributed by atoms with Crippen molar-refractivity contribution in [2.75, 3.05) is 32.9 Å². The summed E-state index contributed by atoms with van der Waals surface area (Å²) in [4.78, 5) is 26.9. The van der Waals surface area contributed by atoms with Gasteiger partial charge in [-0.15, -0.1) is 0 Å². The molecule has 1 aliphatic rings. The molecule has 6 heteroatoms. The van der Waals surface area contributed by atoms with Crippen molar-refractivity contribution in [3.63, 3.8) is 0 Å². The van der Waals surface area contributed by atoms with Crippen LogP contribution in [0.5, 0.6) is 5.75 Å². The Hall–Kier alpha value is -2.08. The Morgan fingerprint density at radius 1 is 1.21 bits per heavy atom. The van der Waals surface area contributed by atoms with Gasteiger partial charge in [0.2, 0.25) is 5.91 Å². The third kappa shape index (κ3) is 4.71. The highest BCUT2D eigenvalue weighted by atomic mass is 16.5. The second kappa shape index (κ2) is 8.68. The van der Waals surface area contributed by atoms with Crippen molar-refractivity contribution in [1.82, 2.24) is 10.2 Å². The zero-order chi connectivity index (χ0) is 17.5. The number of morpholine rings is 1. The molecule has 0 bridgehead atoms. The average molecular weight is 334 g/mol. The average Bonchev–Trinajstić information content (AvgIpc) is 2.60. The first-order chi connectivity index (χ1) is 11.5. The molecular weight excluding hydrogens is 308 g/mol. The number of nitrogens with one attached hydrogen (secondary N) is 1. The summed E-state index contributed by atoms with van der Waals surface area (Å²) in [5.74, 6) is 0.428. The van der Waals surface area contributed by atoms with Crippen molar-refractivity contribution >= 4 is 11.8 Å². The smallest absolute Gasteiger partial charge is 0.251 e. The standard InChI is InChI=1S/C18H26N2O4/c1-4-24-15-7-5-14(6-8-15)17(21)19-16(13(2)3)18(22)20-9-11-23-12-10-20/h5-8,13,16H,4,9-12H2,1-3H3,(H,19,21)/t16-/m1/s1. The van der Waals surface area contributed by atoms with E-state index in [1.165, 1.54) is 0 Å². The lowest BCUT2D eigenvalue weighted by Crippen LogP contribution is -2.53. The van der Waals surface area contributed by atoms with Gasteiger partial charge in [0.15, 0.2) is 0 Å². The highest BCUT2D eigenvalue weighted by Gasteiger charge is 2.29. The van der Waals surface area contributed by atoms with E-state index in [1.54, 1.807) is 29.2 Å². The quantitative estimate of drug-likeness (QED) is 0.860. The molecule has 0 aliphatic carbocycles. The minimum atomic E-state index is -0.540. The minimum Gasteiger partial charge on any atom is -0.494 e. The fourth-order valence-electron chi connectivity index (χ4n) is 2.59. The number of carbonyl (C=O) groups excluding carboxylic acids is 2. The normalized spacial score (nSPS) is 15.9. The van der Waals surface area contributed by atoms with E-state index in [-0.39, 0.29) is 17.7 Å². The number of amides is 2. The highest BCUT2D eigenvalue weighted by molar-refractivity contribution is 5.97. The van der Waals surface area contributed by atoms with Crippen LogP contribution in [0.1, 0.15) is 31.1 Å². The van der Waals surface area contributed by atoms with Gasteiger partial charge in [0.25, 0.3) is 5.91 Å². The molecular formula is C18H26N2O4. The molecule has 6 nitrogen and oxygen atoms in total. The molecule has 0 unspecified atom stereocenters. The maximum atomic E-state index is 12.7. The number of carbonyl (C=O) groups is 2. The number of hydrogen-bond donors (Lipinski definition) is 1. The van der Waals surface area contributed by atoms with Gasteiger partial charge in [-0.1, -0.05) is 13.8 Å². The summed E-state index contributed by atoms with van der Waals surface area (Å²) in [7, 11) is 0. The van der Waals surface area contributed by atoms with Crippen LogP contribution in [0.2, 0.25) is 0 Å². The van der Waals surface area contributed by atoms with Crippen LogP contribution in [0.3, 0.4) is 0 Å². The van der Waals surface area contributed by atoms with Crippen LogP contribution in [0, 0.1) is 5.92 Å². The first-order valence-electron chi connectivity index (χ1n) is 8.43. The van der Waals surface area contributed by atoms with Gasteiger partial charge in [-0.05, 0) is 37.1 Å². The van der Waals surface area contributed by atoms with E-state index >= 15 is 0 Å². The lowest BCUT2D eigenvalue weighted by molar-refractivity contribution is -0.138. The second-order valence-electron chi connectivity index (χ2n) is 6.09. The Bertz CT molecular complexity index is 551. The molecule has 0 radical (unpaired) electrons. The summed E-state index contributed by atoms with van der Waals surface area (Å²) in [5, 5.41) is 2.87. The minimum absolute atomic E-state index is 0.00647. The topological polar surface area (TPSA) is 67.9 Å². The zero-order valence-corrected chi connectivity index (χ0v) is 14.6. The van der Waals surface area contributed by atoms with E-state index < -0.39 is 6.04 Å². The lowest BCUT2D eigenvalue weighted by atomic mass is 10.0. The van der Waals surface area contributed by atoms with Gasteiger partial charge in [-0.3, -0.25) is 9.59 Å². The molecule has 132 valence electrons. The van der Waals surface area contributed by atoms with Gasteiger partial charge in [0.05, 0.1) is 19.8 Å². The van der Waals surface area contributed by atoms with Crippen LogP contribution >= 0.6 is 0 Å². The van der Waals surface area contributed by atoms with Gasteiger partial charge < -0.3 is 19.7 Å². The molecule has 1 heterocycles. The lowest BCUT2D eigenvalue weighted by Gasteiger charge is -2.32. The van der Waals surface area contributed by atoms with Crippen LogP contribution in [0.15, 0.2) is 24.3 Å². The zero-order valence-electron chi connectivity index (χ0n) is 14.6. The maximum absolute atomic E-state index is 12.7. The van der Waals surface area contributed by atoms with Crippen LogP contribution in [0.25, 0.3) is 0 Å². The second-order valence-corrected chi connectivity index (χ2v) is 6.09. The van der Waals surface area contributed by atoms with E-state index in [1.807, 2.05) is 20.8 Å². The third-order valence-electron chi connectivity index (χ3n) is 3.97. The Labute approximate surface area is 143 Å². The molecule has 1 fully saturated rings. The van der Waals surface area contributed by atoms with Gasteiger partial charge in [0.1, 0.15) is 11.8 Å². The molecule has 1 aromatic carbocycles. The summed E-state index contributed by atoms with van der Waals surface area (Å²) < 4.78 is 10.7. The number of nitrogens with zero attached hydrogens (tertiary/aromatic N) is 1. The van der Waals surface area contributed by atoms with E-state index in [2.05, 4.69) is 5.32 Å². The third-order valence-corrected chi connectivity index (χ3v) is 3.97. The number of rotatable bonds is 6. The van der Waals surface area contributed by atoms with Crippen molar-refractivity contribution < 1.29 is 19.1 Å². The fraction of sp³-hybridized carbons (Fsp3) is 0.556. The van der Waals surface area contributed by atoms with E-state index in [0.717, 1.165) is 5.75 Å². The number of benzene rings is 1. The van der Waals surface area contributed by atoms with Crippen molar-refractivity contribution in [3.8, 4) is 5.75 Å². The summed E-state index contributed by atoms with van der Waals surface area (Å²) in [6.07, 6.45) is 0. The van der Waals surface area contributed by atoms with Gasteiger partial charge in [-0.25, -0.2) is 0 Å². The largest absolute Gasteiger partial charge is 0.494 e. The molecule has 1 N–H and O–H groups in total. The van der Waals surface area contributed by atoms with Crippen LogP contribution in [-0.4, -0.2) is 55.7 Å². The van der Waals surface area contributed by atoms with Crippen LogP contribution in [0.4, 0.5) is 0 Å². The van der Waals surface area contributed by atoms with Crippen molar-refractivity contribution in [2.45, 2.75) is 26.8 Å². The Morgan fingerprint density at radius 3 is 2.38 bits per heavy atom. The van der Waals surface area contributed by atoms with Crippen molar-refractivity contribution in [3.05, 3.63) is 29.8 Å². The van der Waals surface area contributed by atoms with Crippen molar-refractivity contribution in [1.29, 1.82) is 0 Å². The Balaban J connectivity index is 2.03. The summed E-state index contributed by atoms with van der Waals surface area (Å²) in [6.45, 7) is 8.58. The molecule has 1 aromatic rings. The SMILES string of the molecule is CCOc1ccc(C(=O)N[C@@H](C(=O)N2CCOCC2)C(C)C)cc1. The van der Waals surface area contributed by atoms with Crippen LogP contribution in [-0.2, 0) is 9.53 Å². The first kappa shape index (κ1) is 18.3. The van der Waals surface area contributed by atoms with Gasteiger partial charge >= 0.3 is 0 Å². The number of hydrogen-bond acceptors (Lipinski definition) is 4. The molecule has 2 amide bonds. The molecule has 0 spiro atoms. The predicted octanol–water partition coefficient (Wildman–Crippen LogP) is 1.70. The molecule has 0 aromatic heterocycles. The molecule has 24 heavy (non-hydrogen) atoms. The monoisotopic (exact) mass is 334 g/mol. The molecule has 0 saturated carbocycles. The summed E-state index contributed by atoms with van der Waals surface area (Å²) in [6, 6.07) is 6.38. The summed E-state index contributed by atoms with van der Waals surface area (Å²) in [5.41, 5.74) is 0.513. The molecule has 2 rings (SSSR count). The van der Waals surface area contributed by atoms with Gasteiger partial charge in [-0.2, -0.15) is 0 Å². The Morgan fingerprint density at radius 2 is 1.83 bits per heavy atom. The Kier molecular flexibility index (Phi) is 6.61. The molecule has 1 atom stereocenters. The van der Waals surface area contributed by atoms with Crippen molar-refractivity contribution in [2.24, 2.45) is 5.92 Å². The van der Waals surface area contributed by atoms with E-state index in [0.29, 0.717) is 38.5 Å². The predicted molar refractivity (Wildman–Crippen MR) is 91.1 cm³/mol. The summed E-state index contributed by atoms with van der Waals surface area (Å²) >= 11 is 0.